The van der Waals surface area contributed by atoms with Crippen LogP contribution in [-0.2, 0) is 19.6 Å². The van der Waals surface area contributed by atoms with E-state index in [1.165, 1.54) is 13.2 Å². The topological polar surface area (TPSA) is 114 Å². The van der Waals surface area contributed by atoms with Gasteiger partial charge in [-0.05, 0) is 44.2 Å². The monoisotopic (exact) mass is 426 g/mol. The lowest BCUT2D eigenvalue weighted by molar-refractivity contribution is -0.127. The summed E-state index contributed by atoms with van der Waals surface area (Å²) in [6.45, 7) is 0.236. The normalized spacial score (nSPS) is 25.2. The van der Waals surface area contributed by atoms with Crippen LogP contribution in [0.15, 0.2) is 29.2 Å². The fourth-order valence-electron chi connectivity index (χ4n) is 3.75. The first-order chi connectivity index (χ1) is 13.9. The number of aliphatic hydroxyl groups excluding tert-OH is 1. The maximum absolute atomic E-state index is 12.8. The maximum Gasteiger partial charge on any atom is 0.244 e. The highest BCUT2D eigenvalue weighted by Crippen LogP contribution is 2.28. The molecule has 0 radical (unpaired) electrons. The third-order valence-electron chi connectivity index (χ3n) is 5.70. The molecule has 3 rings (SSSR count). The number of carbonyl (C=O) groups is 1. The molecule has 1 heterocycles. The SMILES string of the molecule is COc1ccccc1S(=O)(=O)N[C@@H]1CC[C@H](CCNC(=O)C2CCC2)O[C@@H]1CO. The molecule has 8 nitrogen and oxygen atoms in total. The van der Waals surface area contributed by atoms with Gasteiger partial charge in [0.15, 0.2) is 0 Å². The summed E-state index contributed by atoms with van der Waals surface area (Å²) < 4.78 is 39.3. The summed E-state index contributed by atoms with van der Waals surface area (Å²) in [5.74, 6) is 0.520. The van der Waals surface area contributed by atoms with Crippen molar-refractivity contribution < 1.29 is 27.8 Å². The van der Waals surface area contributed by atoms with Crippen LogP contribution in [0.2, 0.25) is 0 Å². The first kappa shape index (κ1) is 22.0. The van der Waals surface area contributed by atoms with Crippen LogP contribution in [0.25, 0.3) is 0 Å². The van der Waals surface area contributed by atoms with Gasteiger partial charge in [-0.15, -0.1) is 0 Å². The third-order valence-corrected chi connectivity index (χ3v) is 7.23. The molecule has 1 saturated carbocycles. The zero-order valence-electron chi connectivity index (χ0n) is 16.7. The highest BCUT2D eigenvalue weighted by Gasteiger charge is 2.34. The smallest absolute Gasteiger partial charge is 0.244 e. The van der Waals surface area contributed by atoms with Crippen LogP contribution in [0.4, 0.5) is 0 Å². The molecule has 2 fully saturated rings. The second-order valence-electron chi connectivity index (χ2n) is 7.64. The van der Waals surface area contributed by atoms with Gasteiger partial charge in [0.05, 0.1) is 32.0 Å². The Morgan fingerprint density at radius 1 is 1.24 bits per heavy atom. The van der Waals surface area contributed by atoms with Gasteiger partial charge in [0.25, 0.3) is 0 Å². The van der Waals surface area contributed by atoms with E-state index >= 15 is 0 Å². The van der Waals surface area contributed by atoms with Crippen LogP contribution >= 0.6 is 0 Å². The fourth-order valence-corrected chi connectivity index (χ4v) is 5.22. The Labute approximate surface area is 172 Å². The number of nitrogens with one attached hydrogen (secondary N) is 2. The number of carbonyl (C=O) groups excluding carboxylic acids is 1. The van der Waals surface area contributed by atoms with Gasteiger partial charge >= 0.3 is 0 Å². The molecule has 1 aromatic rings. The van der Waals surface area contributed by atoms with E-state index in [9.17, 15) is 18.3 Å². The Morgan fingerprint density at radius 3 is 2.66 bits per heavy atom. The van der Waals surface area contributed by atoms with Gasteiger partial charge in [0, 0.05) is 12.5 Å². The standard InChI is InChI=1S/C20H30N2O6S/c1-27-17-7-2-3-8-19(17)29(25,26)22-16-10-9-15(28-18(16)13-23)11-12-21-20(24)14-5-4-6-14/h2-3,7-8,14-16,18,22-23H,4-6,9-13H2,1H3,(H,21,24)/t15-,16-,18-/m1/s1. The lowest BCUT2D eigenvalue weighted by atomic mass is 9.85. The van der Waals surface area contributed by atoms with Crippen LogP contribution < -0.4 is 14.8 Å². The maximum atomic E-state index is 12.8. The second kappa shape index (κ2) is 9.88. The van der Waals surface area contributed by atoms with E-state index in [0.717, 1.165) is 19.3 Å². The average Bonchev–Trinajstić information content (AvgIpc) is 2.67. The number of hydrogen-bond acceptors (Lipinski definition) is 6. The summed E-state index contributed by atoms with van der Waals surface area (Å²) in [6.07, 6.45) is 4.12. The number of aliphatic hydroxyl groups is 1. The van der Waals surface area contributed by atoms with Gasteiger partial charge in [-0.3, -0.25) is 4.79 Å². The molecule has 9 heteroatoms. The first-order valence-corrected chi connectivity index (χ1v) is 11.6. The molecule has 1 amide bonds. The predicted octanol–water partition coefficient (Wildman–Crippen LogP) is 1.19. The molecule has 0 bridgehead atoms. The van der Waals surface area contributed by atoms with Crippen LogP contribution in [-0.4, -0.2) is 57.9 Å². The highest BCUT2D eigenvalue weighted by atomic mass is 32.2. The van der Waals surface area contributed by atoms with Crippen molar-refractivity contribution in [2.24, 2.45) is 5.92 Å². The van der Waals surface area contributed by atoms with Crippen molar-refractivity contribution in [2.45, 2.75) is 61.7 Å². The van der Waals surface area contributed by atoms with Crippen LogP contribution in [0.3, 0.4) is 0 Å². The summed E-state index contributed by atoms with van der Waals surface area (Å²) in [6, 6.07) is 5.87. The predicted molar refractivity (Wildman–Crippen MR) is 107 cm³/mol. The number of ether oxygens (including phenoxy) is 2. The van der Waals surface area contributed by atoms with Crippen LogP contribution in [0.1, 0.15) is 38.5 Å². The van der Waals surface area contributed by atoms with Crippen molar-refractivity contribution >= 4 is 15.9 Å². The Bertz CT molecular complexity index is 796. The van der Waals surface area contributed by atoms with E-state index in [4.69, 9.17) is 9.47 Å². The molecule has 3 N–H and O–H groups in total. The van der Waals surface area contributed by atoms with Gasteiger partial charge in [-0.1, -0.05) is 18.6 Å². The lowest BCUT2D eigenvalue weighted by Crippen LogP contribution is -2.51. The number of benzene rings is 1. The number of amides is 1. The quantitative estimate of drug-likeness (QED) is 0.547. The van der Waals surface area contributed by atoms with Crippen molar-refractivity contribution in [1.82, 2.24) is 10.0 Å². The fraction of sp³-hybridized carbons (Fsp3) is 0.650. The van der Waals surface area contributed by atoms with E-state index in [-0.39, 0.29) is 35.2 Å². The Morgan fingerprint density at radius 2 is 2.00 bits per heavy atom. The molecular weight excluding hydrogens is 396 g/mol. The molecule has 0 aromatic heterocycles. The summed E-state index contributed by atoms with van der Waals surface area (Å²) in [5, 5.41) is 12.7. The first-order valence-electron chi connectivity index (χ1n) is 10.1. The molecule has 1 saturated heterocycles. The van der Waals surface area contributed by atoms with Gasteiger partial charge in [-0.25, -0.2) is 13.1 Å². The molecule has 3 atom stereocenters. The molecule has 0 unspecified atom stereocenters. The van der Waals surface area contributed by atoms with E-state index in [2.05, 4.69) is 10.0 Å². The van der Waals surface area contributed by atoms with Crippen molar-refractivity contribution in [3.05, 3.63) is 24.3 Å². The molecular formula is C20H30N2O6S. The molecule has 2 aliphatic rings. The van der Waals surface area contributed by atoms with E-state index < -0.39 is 22.2 Å². The zero-order valence-corrected chi connectivity index (χ0v) is 17.5. The summed E-state index contributed by atoms with van der Waals surface area (Å²) in [5.41, 5.74) is 0. The minimum atomic E-state index is -3.82. The Hall–Kier alpha value is -1.68. The van der Waals surface area contributed by atoms with Crippen LogP contribution in [0.5, 0.6) is 5.75 Å². The van der Waals surface area contributed by atoms with Gasteiger partial charge < -0.3 is 19.9 Å². The largest absolute Gasteiger partial charge is 0.495 e. The van der Waals surface area contributed by atoms with Gasteiger partial charge in [0.1, 0.15) is 10.6 Å². The number of methoxy groups -OCH3 is 1. The van der Waals surface area contributed by atoms with Crippen molar-refractivity contribution in [3.63, 3.8) is 0 Å². The number of hydrogen-bond donors (Lipinski definition) is 3. The third kappa shape index (κ3) is 5.48. The molecule has 1 aromatic carbocycles. The van der Waals surface area contributed by atoms with Crippen LogP contribution in [0, 0.1) is 5.92 Å². The van der Waals surface area contributed by atoms with E-state index in [1.54, 1.807) is 18.2 Å². The highest BCUT2D eigenvalue weighted by molar-refractivity contribution is 7.89. The summed E-state index contributed by atoms with van der Waals surface area (Å²) in [7, 11) is -2.40. The molecule has 29 heavy (non-hydrogen) atoms. The molecule has 1 aliphatic carbocycles. The minimum absolute atomic E-state index is 0.0556. The molecule has 0 spiro atoms. The van der Waals surface area contributed by atoms with Crippen molar-refractivity contribution in [1.29, 1.82) is 0 Å². The average molecular weight is 427 g/mol. The number of sulfonamides is 1. The van der Waals surface area contributed by atoms with Crippen molar-refractivity contribution in [3.8, 4) is 5.75 Å². The number of para-hydroxylation sites is 1. The van der Waals surface area contributed by atoms with Crippen molar-refractivity contribution in [2.75, 3.05) is 20.3 Å². The lowest BCUT2D eigenvalue weighted by Gasteiger charge is -2.36. The van der Waals surface area contributed by atoms with E-state index in [1.807, 2.05) is 0 Å². The van der Waals surface area contributed by atoms with Gasteiger partial charge in [-0.2, -0.15) is 0 Å². The second-order valence-corrected chi connectivity index (χ2v) is 9.33. The molecule has 1 aliphatic heterocycles. The molecule has 162 valence electrons. The number of rotatable bonds is 9. The summed E-state index contributed by atoms with van der Waals surface area (Å²) >= 11 is 0. The summed E-state index contributed by atoms with van der Waals surface area (Å²) in [4.78, 5) is 12.0. The Kier molecular flexibility index (Phi) is 7.50. The zero-order chi connectivity index (χ0) is 20.9. The minimum Gasteiger partial charge on any atom is -0.495 e. The van der Waals surface area contributed by atoms with Gasteiger partial charge in [0.2, 0.25) is 15.9 Å². The Balaban J connectivity index is 1.53. The van der Waals surface area contributed by atoms with E-state index in [0.29, 0.717) is 25.8 Å².